The first kappa shape index (κ1) is 24.5. The van der Waals surface area contributed by atoms with Gasteiger partial charge in [-0.25, -0.2) is 12.7 Å². The van der Waals surface area contributed by atoms with Gasteiger partial charge in [0.1, 0.15) is 13.2 Å². The summed E-state index contributed by atoms with van der Waals surface area (Å²) < 4.78 is 42.9. The summed E-state index contributed by atoms with van der Waals surface area (Å²) in [7, 11) is -3.34. The van der Waals surface area contributed by atoms with Crippen LogP contribution < -0.4 is 14.8 Å². The van der Waals surface area contributed by atoms with Gasteiger partial charge in [0.15, 0.2) is 11.5 Å². The Hall–Kier alpha value is -2.66. The van der Waals surface area contributed by atoms with Gasteiger partial charge in [0.2, 0.25) is 15.9 Å². The molecule has 9 nitrogen and oxygen atoms in total. The summed E-state index contributed by atoms with van der Waals surface area (Å²) in [5.41, 5.74) is 1.69. The SMILES string of the molecule is CS(=O)(=O)N1CCN(CC(=O)Nc2ccc3c(c2)OCCO3)C[C@H](COCc2ccccc2)C1. The van der Waals surface area contributed by atoms with Crippen LogP contribution in [-0.2, 0) is 26.2 Å². The lowest BCUT2D eigenvalue weighted by atomic mass is 10.1. The summed E-state index contributed by atoms with van der Waals surface area (Å²) >= 11 is 0. The van der Waals surface area contributed by atoms with Gasteiger partial charge in [-0.15, -0.1) is 0 Å². The monoisotopic (exact) mass is 489 g/mol. The minimum atomic E-state index is -3.34. The Morgan fingerprint density at radius 3 is 2.59 bits per heavy atom. The first-order chi connectivity index (χ1) is 16.4. The van der Waals surface area contributed by atoms with Crippen molar-refractivity contribution in [2.24, 2.45) is 5.92 Å². The van der Waals surface area contributed by atoms with Gasteiger partial charge >= 0.3 is 0 Å². The molecule has 1 atom stereocenters. The van der Waals surface area contributed by atoms with E-state index >= 15 is 0 Å². The van der Waals surface area contributed by atoms with Gasteiger partial charge in [-0.2, -0.15) is 0 Å². The predicted molar refractivity (Wildman–Crippen MR) is 129 cm³/mol. The highest BCUT2D eigenvalue weighted by atomic mass is 32.2. The number of fused-ring (bicyclic) bond motifs is 1. The number of hydrogen-bond donors (Lipinski definition) is 1. The van der Waals surface area contributed by atoms with Crippen molar-refractivity contribution < 1.29 is 27.4 Å². The average Bonchev–Trinajstić information content (AvgIpc) is 3.02. The van der Waals surface area contributed by atoms with E-state index < -0.39 is 10.0 Å². The van der Waals surface area contributed by atoms with Gasteiger partial charge in [-0.05, 0) is 17.7 Å². The highest BCUT2D eigenvalue weighted by molar-refractivity contribution is 7.88. The van der Waals surface area contributed by atoms with Crippen LogP contribution in [0.4, 0.5) is 5.69 Å². The summed E-state index contributed by atoms with van der Waals surface area (Å²) in [5, 5.41) is 2.90. The van der Waals surface area contributed by atoms with Crippen molar-refractivity contribution in [3.05, 3.63) is 54.1 Å². The first-order valence-corrected chi connectivity index (χ1v) is 13.2. The lowest BCUT2D eigenvalue weighted by Crippen LogP contribution is -2.38. The Morgan fingerprint density at radius 2 is 1.82 bits per heavy atom. The van der Waals surface area contributed by atoms with Crippen molar-refractivity contribution in [3.63, 3.8) is 0 Å². The Kier molecular flexibility index (Phi) is 8.04. The molecule has 0 bridgehead atoms. The molecule has 1 amide bonds. The standard InChI is InChI=1S/C24H31N3O6S/c1-34(29,30)27-10-9-26(14-20(15-27)18-31-17-19-5-3-2-4-6-19)16-24(28)25-21-7-8-22-23(13-21)33-12-11-32-22/h2-8,13,20H,9-12,14-18H2,1H3,(H,25,28)/t20-/m0/s1. The molecule has 4 rings (SSSR count). The number of carbonyl (C=O) groups is 1. The van der Waals surface area contributed by atoms with E-state index in [-0.39, 0.29) is 18.4 Å². The number of hydrogen-bond acceptors (Lipinski definition) is 7. The molecular weight excluding hydrogens is 458 g/mol. The molecule has 0 spiro atoms. The molecule has 10 heteroatoms. The Labute approximate surface area is 200 Å². The topological polar surface area (TPSA) is 97.4 Å². The third-order valence-electron chi connectivity index (χ3n) is 5.77. The highest BCUT2D eigenvalue weighted by Gasteiger charge is 2.28. The summed E-state index contributed by atoms with van der Waals surface area (Å²) in [6.07, 6.45) is 1.22. The summed E-state index contributed by atoms with van der Waals surface area (Å²) in [6.45, 7) is 3.74. The van der Waals surface area contributed by atoms with Crippen molar-refractivity contribution in [1.29, 1.82) is 0 Å². The number of nitrogens with one attached hydrogen (secondary N) is 1. The Bertz CT molecular complexity index is 1080. The van der Waals surface area contributed by atoms with Crippen molar-refractivity contribution in [2.75, 3.05) is 64.1 Å². The van der Waals surface area contributed by atoms with E-state index in [1.807, 2.05) is 35.2 Å². The molecule has 1 N–H and O–H groups in total. The minimum absolute atomic E-state index is 0.0527. The molecule has 2 aliphatic heterocycles. The molecule has 0 aromatic heterocycles. The normalized spacial score (nSPS) is 19.4. The number of sulfonamides is 1. The van der Waals surface area contributed by atoms with Crippen molar-refractivity contribution in [1.82, 2.24) is 9.21 Å². The maximum absolute atomic E-state index is 12.8. The number of ether oxygens (including phenoxy) is 3. The molecule has 2 aliphatic rings. The average molecular weight is 490 g/mol. The fourth-order valence-electron chi connectivity index (χ4n) is 4.14. The number of rotatable bonds is 8. The van der Waals surface area contributed by atoms with Crippen LogP contribution >= 0.6 is 0 Å². The summed E-state index contributed by atoms with van der Waals surface area (Å²) in [5.74, 6) is 1.05. The molecule has 0 radical (unpaired) electrons. The molecule has 2 aromatic carbocycles. The molecule has 184 valence electrons. The first-order valence-electron chi connectivity index (χ1n) is 11.4. The zero-order chi connectivity index (χ0) is 24.0. The maximum Gasteiger partial charge on any atom is 0.238 e. The van der Waals surface area contributed by atoms with Crippen molar-refractivity contribution in [3.8, 4) is 11.5 Å². The van der Waals surface area contributed by atoms with Gasteiger partial charge in [0.05, 0.1) is 26.0 Å². The molecule has 34 heavy (non-hydrogen) atoms. The van der Waals surface area contributed by atoms with E-state index in [1.165, 1.54) is 10.6 Å². The Morgan fingerprint density at radius 1 is 1.06 bits per heavy atom. The second kappa shape index (κ2) is 11.2. The number of nitrogens with zero attached hydrogens (tertiary/aromatic N) is 2. The smallest absolute Gasteiger partial charge is 0.238 e. The van der Waals surface area contributed by atoms with Gasteiger partial charge in [0.25, 0.3) is 0 Å². The molecule has 1 fully saturated rings. The molecule has 1 saturated heterocycles. The number of anilines is 1. The van der Waals surface area contributed by atoms with Crippen LogP contribution in [-0.4, -0.2) is 82.3 Å². The van der Waals surface area contributed by atoms with E-state index in [9.17, 15) is 13.2 Å². The largest absolute Gasteiger partial charge is 0.486 e. The minimum Gasteiger partial charge on any atom is -0.486 e. The predicted octanol–water partition coefficient (Wildman–Crippen LogP) is 1.81. The number of benzene rings is 2. The molecule has 0 saturated carbocycles. The molecule has 0 aliphatic carbocycles. The van der Waals surface area contributed by atoms with E-state index in [0.717, 1.165) is 5.56 Å². The fraction of sp³-hybridized carbons (Fsp3) is 0.458. The maximum atomic E-state index is 12.8. The van der Waals surface area contributed by atoms with Crippen LogP contribution in [0.5, 0.6) is 11.5 Å². The van der Waals surface area contributed by atoms with Crippen LogP contribution in [0.3, 0.4) is 0 Å². The highest BCUT2D eigenvalue weighted by Crippen LogP contribution is 2.32. The van der Waals surface area contributed by atoms with Crippen molar-refractivity contribution in [2.45, 2.75) is 6.61 Å². The summed E-state index contributed by atoms with van der Waals surface area (Å²) in [4.78, 5) is 14.7. The second-order valence-electron chi connectivity index (χ2n) is 8.63. The molecule has 2 aromatic rings. The van der Waals surface area contributed by atoms with Gasteiger partial charge in [-0.1, -0.05) is 30.3 Å². The van der Waals surface area contributed by atoms with E-state index in [1.54, 1.807) is 18.2 Å². The molecule has 0 unspecified atom stereocenters. The zero-order valence-electron chi connectivity index (χ0n) is 19.3. The second-order valence-corrected chi connectivity index (χ2v) is 10.6. The van der Waals surface area contributed by atoms with Crippen LogP contribution in [0.15, 0.2) is 48.5 Å². The van der Waals surface area contributed by atoms with Gasteiger partial charge < -0.3 is 19.5 Å². The van der Waals surface area contributed by atoms with Crippen LogP contribution in [0, 0.1) is 5.92 Å². The Balaban J connectivity index is 1.35. The summed E-state index contributed by atoms with van der Waals surface area (Å²) in [6, 6.07) is 15.1. The fourth-order valence-corrected chi connectivity index (χ4v) is 5.03. The van der Waals surface area contributed by atoms with Gasteiger partial charge in [0, 0.05) is 43.9 Å². The zero-order valence-corrected chi connectivity index (χ0v) is 20.1. The molecular formula is C24H31N3O6S. The lowest BCUT2D eigenvalue weighted by Gasteiger charge is -2.24. The van der Waals surface area contributed by atoms with Crippen molar-refractivity contribution >= 4 is 21.6 Å². The number of amides is 1. The van der Waals surface area contributed by atoms with Crippen LogP contribution in [0.25, 0.3) is 0 Å². The van der Waals surface area contributed by atoms with Crippen LogP contribution in [0.1, 0.15) is 5.56 Å². The third kappa shape index (κ3) is 6.92. The van der Waals surface area contributed by atoms with E-state index in [2.05, 4.69) is 5.32 Å². The van der Waals surface area contributed by atoms with E-state index in [4.69, 9.17) is 14.2 Å². The number of carbonyl (C=O) groups excluding carboxylic acids is 1. The quantitative estimate of drug-likeness (QED) is 0.604. The van der Waals surface area contributed by atoms with Crippen LogP contribution in [0.2, 0.25) is 0 Å². The third-order valence-corrected chi connectivity index (χ3v) is 7.04. The van der Waals surface area contributed by atoms with E-state index in [0.29, 0.717) is 69.8 Å². The lowest BCUT2D eigenvalue weighted by molar-refractivity contribution is -0.117. The van der Waals surface area contributed by atoms with Gasteiger partial charge in [-0.3, -0.25) is 9.69 Å². The molecule has 2 heterocycles.